The van der Waals surface area contributed by atoms with Crippen molar-refractivity contribution in [3.8, 4) is 17.2 Å². The van der Waals surface area contributed by atoms with Crippen molar-refractivity contribution >= 4 is 39.3 Å². The molecule has 3 N–H and O–H groups in total. The van der Waals surface area contributed by atoms with Gasteiger partial charge in [0.05, 0.1) is 14.2 Å². The summed E-state index contributed by atoms with van der Waals surface area (Å²) in [5.74, 6) is 1.09. The van der Waals surface area contributed by atoms with Crippen LogP contribution in [0.25, 0.3) is 6.08 Å². The average molecular weight is 520 g/mol. The van der Waals surface area contributed by atoms with E-state index in [1.807, 2.05) is 0 Å². The van der Waals surface area contributed by atoms with Crippen LogP contribution in [0.5, 0.6) is 17.2 Å². The fourth-order valence-electron chi connectivity index (χ4n) is 2.92. The molecule has 0 aliphatic heterocycles. The van der Waals surface area contributed by atoms with Crippen LogP contribution in [-0.2, 0) is 21.2 Å². The first-order valence-electron chi connectivity index (χ1n) is 10.5. The van der Waals surface area contributed by atoms with E-state index < -0.39 is 10.0 Å². The van der Waals surface area contributed by atoms with Gasteiger partial charge < -0.3 is 24.8 Å². The summed E-state index contributed by atoms with van der Waals surface area (Å²) in [4.78, 5) is 12.2. The number of thiocarbonyl (C=S) groups is 1. The number of sulfonamides is 1. The van der Waals surface area contributed by atoms with E-state index in [-0.39, 0.29) is 34.8 Å². The first-order chi connectivity index (χ1) is 16.7. The van der Waals surface area contributed by atoms with Crippen molar-refractivity contribution in [3.05, 3.63) is 66.3 Å². The first kappa shape index (κ1) is 27.7. The fraction of sp³-hybridized carbons (Fsp3) is 0.250. The Morgan fingerprint density at radius 3 is 2.54 bits per heavy atom. The Kier molecular flexibility index (Phi) is 10.6. The van der Waals surface area contributed by atoms with Crippen LogP contribution in [0.3, 0.4) is 0 Å². The van der Waals surface area contributed by atoms with Gasteiger partial charge in [-0.2, -0.15) is 0 Å². The highest BCUT2D eigenvalue weighted by atomic mass is 32.2. The highest BCUT2D eigenvalue weighted by molar-refractivity contribution is 7.92. The minimum atomic E-state index is -3.98. The molecular weight excluding hydrogens is 490 g/mol. The summed E-state index contributed by atoms with van der Waals surface area (Å²) in [6, 6.07) is 10.1. The van der Waals surface area contributed by atoms with Gasteiger partial charge in [0.1, 0.15) is 28.8 Å². The second-order valence-electron chi connectivity index (χ2n) is 7.05. The van der Waals surface area contributed by atoms with Crippen LogP contribution in [0.2, 0.25) is 0 Å². The number of amides is 1. The molecule has 9 nitrogen and oxygen atoms in total. The van der Waals surface area contributed by atoms with Crippen molar-refractivity contribution in [2.75, 3.05) is 34.4 Å². The molecule has 0 aliphatic rings. The molecule has 0 aliphatic carbocycles. The largest absolute Gasteiger partial charge is 0.497 e. The zero-order valence-corrected chi connectivity index (χ0v) is 21.4. The molecule has 2 rings (SSSR count). The molecule has 11 heteroatoms. The molecule has 0 unspecified atom stereocenters. The van der Waals surface area contributed by atoms with Crippen LogP contribution in [0.1, 0.15) is 11.1 Å². The number of nitrogens with one attached hydrogen (secondary N) is 3. The Hall–Kier alpha value is -3.57. The number of ether oxygens (including phenoxy) is 3. The summed E-state index contributed by atoms with van der Waals surface area (Å²) >= 11 is 4.93. The number of hydrogen-bond donors (Lipinski definition) is 3. The number of carbonyl (C=O) groups is 1. The normalized spacial score (nSPS) is 10.9. The van der Waals surface area contributed by atoms with Gasteiger partial charge in [-0.3, -0.25) is 9.52 Å². The van der Waals surface area contributed by atoms with Crippen molar-refractivity contribution in [2.45, 2.75) is 11.3 Å². The SMILES string of the molecule is C=CCOc1ccc(CCNC(=O)C=Cc2ccc(OC)cc2OC)cc1S(=O)(=O)NC(=S)NC. The van der Waals surface area contributed by atoms with Gasteiger partial charge in [-0.1, -0.05) is 18.7 Å². The van der Waals surface area contributed by atoms with E-state index in [2.05, 4.69) is 21.9 Å². The summed E-state index contributed by atoms with van der Waals surface area (Å²) < 4.78 is 43.8. The predicted molar refractivity (Wildman–Crippen MR) is 139 cm³/mol. The lowest BCUT2D eigenvalue weighted by atomic mass is 10.1. The third-order valence-electron chi connectivity index (χ3n) is 4.68. The van der Waals surface area contributed by atoms with Gasteiger partial charge in [-0.05, 0) is 54.5 Å². The summed E-state index contributed by atoms with van der Waals surface area (Å²) in [6.45, 7) is 4.00. The summed E-state index contributed by atoms with van der Waals surface area (Å²) in [5.41, 5.74) is 1.41. The molecule has 0 saturated carbocycles. The number of rotatable bonds is 12. The highest BCUT2D eigenvalue weighted by Crippen LogP contribution is 2.26. The lowest BCUT2D eigenvalue weighted by Gasteiger charge is -2.14. The van der Waals surface area contributed by atoms with Crippen molar-refractivity contribution in [1.82, 2.24) is 15.4 Å². The Balaban J connectivity index is 2.08. The molecule has 0 fully saturated rings. The third-order valence-corrected chi connectivity index (χ3v) is 6.48. The second-order valence-corrected chi connectivity index (χ2v) is 9.11. The fourth-order valence-corrected chi connectivity index (χ4v) is 4.41. The number of hydrogen-bond acceptors (Lipinski definition) is 7. The highest BCUT2D eigenvalue weighted by Gasteiger charge is 2.21. The molecule has 0 saturated heterocycles. The van der Waals surface area contributed by atoms with Gasteiger partial charge in [0.15, 0.2) is 5.11 Å². The standard InChI is InChI=1S/C24H29N3O6S2/c1-5-14-33-20-10-6-17(15-22(20)35(29,30)27-24(34)25-2)12-13-26-23(28)11-8-18-7-9-19(31-3)16-21(18)32-4/h5-11,15-16H,1,12-14H2,2-4H3,(H,26,28)(H2,25,27,34). The zero-order chi connectivity index (χ0) is 25.8. The van der Waals surface area contributed by atoms with Gasteiger partial charge in [-0.15, -0.1) is 0 Å². The van der Waals surface area contributed by atoms with E-state index in [0.717, 1.165) is 5.56 Å². The van der Waals surface area contributed by atoms with Crippen LogP contribution in [-0.4, -0.2) is 53.9 Å². The van der Waals surface area contributed by atoms with Gasteiger partial charge in [0.25, 0.3) is 10.0 Å². The van der Waals surface area contributed by atoms with Crippen molar-refractivity contribution in [1.29, 1.82) is 0 Å². The molecule has 0 atom stereocenters. The molecule has 0 heterocycles. The minimum absolute atomic E-state index is 0.0439. The average Bonchev–Trinajstić information content (AvgIpc) is 2.86. The smallest absolute Gasteiger partial charge is 0.267 e. The number of carbonyl (C=O) groups excluding carboxylic acids is 1. The molecular formula is C24H29N3O6S2. The molecule has 35 heavy (non-hydrogen) atoms. The predicted octanol–water partition coefficient (Wildman–Crippen LogP) is 2.42. The van der Waals surface area contributed by atoms with Gasteiger partial charge in [-0.25, -0.2) is 8.42 Å². The molecule has 0 aromatic heterocycles. The maximum Gasteiger partial charge on any atom is 0.267 e. The topological polar surface area (TPSA) is 115 Å². The lowest BCUT2D eigenvalue weighted by molar-refractivity contribution is -0.116. The van der Waals surface area contributed by atoms with Crippen molar-refractivity contribution in [2.24, 2.45) is 0 Å². The minimum Gasteiger partial charge on any atom is -0.497 e. The number of benzene rings is 2. The molecule has 0 radical (unpaired) electrons. The number of methoxy groups -OCH3 is 2. The summed E-state index contributed by atoms with van der Waals surface area (Å²) in [5, 5.41) is 5.30. The molecule has 188 valence electrons. The Morgan fingerprint density at radius 2 is 1.89 bits per heavy atom. The third kappa shape index (κ3) is 8.30. The summed E-state index contributed by atoms with van der Waals surface area (Å²) in [7, 11) is 0.631. The van der Waals surface area contributed by atoms with E-state index in [0.29, 0.717) is 23.5 Å². The van der Waals surface area contributed by atoms with Crippen LogP contribution < -0.4 is 29.6 Å². The molecule has 1 amide bonds. The van der Waals surface area contributed by atoms with Crippen molar-refractivity contribution in [3.63, 3.8) is 0 Å². The molecule has 2 aromatic rings. The van der Waals surface area contributed by atoms with Gasteiger partial charge >= 0.3 is 0 Å². The Labute approximate surface area is 211 Å². The lowest BCUT2D eigenvalue weighted by Crippen LogP contribution is -2.37. The van der Waals surface area contributed by atoms with E-state index in [4.69, 9.17) is 26.4 Å². The second kappa shape index (κ2) is 13.4. The molecule has 0 bridgehead atoms. The monoisotopic (exact) mass is 519 g/mol. The van der Waals surface area contributed by atoms with E-state index >= 15 is 0 Å². The maximum absolute atomic E-state index is 12.8. The van der Waals surface area contributed by atoms with Gasteiger partial charge in [0, 0.05) is 31.3 Å². The van der Waals surface area contributed by atoms with E-state index in [9.17, 15) is 13.2 Å². The zero-order valence-electron chi connectivity index (χ0n) is 19.8. The molecule has 0 spiro atoms. The van der Waals surface area contributed by atoms with Gasteiger partial charge in [0.2, 0.25) is 5.91 Å². The Morgan fingerprint density at radius 1 is 1.11 bits per heavy atom. The maximum atomic E-state index is 12.8. The van der Waals surface area contributed by atoms with Crippen LogP contribution in [0, 0.1) is 0 Å². The summed E-state index contributed by atoms with van der Waals surface area (Å²) in [6.07, 6.45) is 4.95. The Bertz CT molecular complexity index is 1200. The van der Waals surface area contributed by atoms with Crippen LogP contribution in [0.4, 0.5) is 0 Å². The van der Waals surface area contributed by atoms with Crippen LogP contribution >= 0.6 is 12.2 Å². The van der Waals surface area contributed by atoms with Crippen molar-refractivity contribution < 1.29 is 27.4 Å². The molecule has 2 aromatic carbocycles. The van der Waals surface area contributed by atoms with E-state index in [1.54, 1.807) is 43.5 Å². The first-order valence-corrected chi connectivity index (χ1v) is 12.4. The van der Waals surface area contributed by atoms with Crippen LogP contribution in [0.15, 0.2) is 60.0 Å². The van der Waals surface area contributed by atoms with E-state index in [1.165, 1.54) is 32.4 Å². The quantitative estimate of drug-likeness (QED) is 0.223.